The summed E-state index contributed by atoms with van der Waals surface area (Å²) >= 11 is 5.25. The van der Waals surface area contributed by atoms with Crippen molar-refractivity contribution in [3.05, 3.63) is 47.5 Å². The van der Waals surface area contributed by atoms with E-state index in [-0.39, 0.29) is 6.79 Å². The quantitative estimate of drug-likeness (QED) is 0.832. The SMILES string of the molecule is Cc1cnc(CNC(=S)NCc2ccc3c(c2)OCO3)cn1. The van der Waals surface area contributed by atoms with E-state index in [4.69, 9.17) is 21.7 Å². The van der Waals surface area contributed by atoms with Crippen LogP contribution in [-0.4, -0.2) is 21.9 Å². The predicted molar refractivity (Wildman–Crippen MR) is 85.6 cm³/mol. The zero-order chi connectivity index (χ0) is 15.4. The van der Waals surface area contributed by atoms with Crippen molar-refractivity contribution in [2.75, 3.05) is 6.79 Å². The van der Waals surface area contributed by atoms with Gasteiger partial charge in [-0.3, -0.25) is 9.97 Å². The van der Waals surface area contributed by atoms with Crippen molar-refractivity contribution in [3.63, 3.8) is 0 Å². The maximum absolute atomic E-state index is 5.35. The van der Waals surface area contributed by atoms with E-state index >= 15 is 0 Å². The lowest BCUT2D eigenvalue weighted by Crippen LogP contribution is -2.34. The fourth-order valence-electron chi connectivity index (χ4n) is 1.98. The van der Waals surface area contributed by atoms with Gasteiger partial charge in [0, 0.05) is 12.7 Å². The highest BCUT2D eigenvalue weighted by Crippen LogP contribution is 2.32. The third-order valence-corrected chi connectivity index (χ3v) is 3.44. The normalized spacial score (nSPS) is 12.0. The van der Waals surface area contributed by atoms with Crippen LogP contribution in [0.3, 0.4) is 0 Å². The molecule has 22 heavy (non-hydrogen) atoms. The van der Waals surface area contributed by atoms with Gasteiger partial charge >= 0.3 is 0 Å². The standard InChI is InChI=1S/C15H16N4O2S/c1-10-5-17-12(7-16-10)8-19-15(22)18-6-11-2-3-13-14(4-11)21-9-20-13/h2-5,7H,6,8-9H2,1H3,(H2,18,19,22). The van der Waals surface area contributed by atoms with Crippen LogP contribution in [0.4, 0.5) is 0 Å². The molecule has 0 fully saturated rings. The minimum absolute atomic E-state index is 0.282. The minimum Gasteiger partial charge on any atom is -0.454 e. The molecule has 0 aliphatic carbocycles. The number of aromatic nitrogens is 2. The summed E-state index contributed by atoms with van der Waals surface area (Å²) in [5.41, 5.74) is 2.81. The topological polar surface area (TPSA) is 68.3 Å². The fourth-order valence-corrected chi connectivity index (χ4v) is 2.12. The van der Waals surface area contributed by atoms with Crippen molar-refractivity contribution < 1.29 is 9.47 Å². The van der Waals surface area contributed by atoms with Crippen molar-refractivity contribution in [1.82, 2.24) is 20.6 Å². The summed E-state index contributed by atoms with van der Waals surface area (Å²) in [7, 11) is 0. The average molecular weight is 316 g/mol. The Morgan fingerprint density at radius 1 is 1.14 bits per heavy atom. The van der Waals surface area contributed by atoms with E-state index in [1.54, 1.807) is 12.4 Å². The van der Waals surface area contributed by atoms with Gasteiger partial charge in [-0.15, -0.1) is 0 Å². The molecule has 2 heterocycles. The Bertz CT molecular complexity index is 676. The molecule has 0 bridgehead atoms. The Morgan fingerprint density at radius 3 is 2.77 bits per heavy atom. The van der Waals surface area contributed by atoms with Gasteiger partial charge in [0.2, 0.25) is 6.79 Å². The molecule has 1 aliphatic rings. The summed E-state index contributed by atoms with van der Waals surface area (Å²) in [6, 6.07) is 5.83. The number of aryl methyl sites for hydroxylation is 1. The molecule has 0 radical (unpaired) electrons. The zero-order valence-corrected chi connectivity index (χ0v) is 12.9. The van der Waals surface area contributed by atoms with Crippen molar-refractivity contribution in [1.29, 1.82) is 0 Å². The summed E-state index contributed by atoms with van der Waals surface area (Å²) in [4.78, 5) is 8.46. The number of fused-ring (bicyclic) bond motifs is 1. The third kappa shape index (κ3) is 3.62. The van der Waals surface area contributed by atoms with Crippen LogP contribution >= 0.6 is 12.2 Å². The molecule has 1 aromatic heterocycles. The van der Waals surface area contributed by atoms with Crippen LogP contribution in [0.1, 0.15) is 17.0 Å². The maximum Gasteiger partial charge on any atom is 0.231 e. The Kier molecular flexibility index (Phi) is 4.34. The first-order valence-electron chi connectivity index (χ1n) is 6.88. The number of hydrogen-bond acceptors (Lipinski definition) is 5. The number of benzene rings is 1. The summed E-state index contributed by atoms with van der Waals surface area (Å²) < 4.78 is 10.6. The van der Waals surface area contributed by atoms with Gasteiger partial charge in [-0.25, -0.2) is 0 Å². The lowest BCUT2D eigenvalue weighted by molar-refractivity contribution is 0.174. The van der Waals surface area contributed by atoms with Gasteiger partial charge in [0.25, 0.3) is 0 Å². The van der Waals surface area contributed by atoms with Crippen LogP contribution in [0.2, 0.25) is 0 Å². The molecule has 0 amide bonds. The molecule has 6 nitrogen and oxygen atoms in total. The second-order valence-electron chi connectivity index (χ2n) is 4.87. The molecular weight excluding hydrogens is 300 g/mol. The Labute approximate surface area is 133 Å². The molecule has 7 heteroatoms. The van der Waals surface area contributed by atoms with Crippen molar-refractivity contribution in [3.8, 4) is 11.5 Å². The van der Waals surface area contributed by atoms with E-state index in [1.165, 1.54) is 0 Å². The summed E-state index contributed by atoms with van der Waals surface area (Å²) in [6.07, 6.45) is 3.48. The Morgan fingerprint density at radius 2 is 1.95 bits per heavy atom. The van der Waals surface area contributed by atoms with E-state index in [0.29, 0.717) is 18.2 Å². The zero-order valence-electron chi connectivity index (χ0n) is 12.1. The van der Waals surface area contributed by atoms with Gasteiger partial charge in [-0.05, 0) is 36.8 Å². The second-order valence-corrected chi connectivity index (χ2v) is 5.28. The molecule has 0 spiro atoms. The summed E-state index contributed by atoms with van der Waals surface area (Å²) in [6.45, 7) is 3.34. The van der Waals surface area contributed by atoms with Crippen LogP contribution < -0.4 is 20.1 Å². The monoisotopic (exact) mass is 316 g/mol. The van der Waals surface area contributed by atoms with Gasteiger partial charge < -0.3 is 20.1 Å². The number of hydrogen-bond donors (Lipinski definition) is 2. The molecule has 0 unspecified atom stereocenters. The first kappa shape index (κ1) is 14.5. The number of rotatable bonds is 4. The van der Waals surface area contributed by atoms with Crippen molar-refractivity contribution in [2.24, 2.45) is 0 Å². The molecule has 3 rings (SSSR count). The van der Waals surface area contributed by atoms with Crippen molar-refractivity contribution >= 4 is 17.3 Å². The van der Waals surface area contributed by atoms with Gasteiger partial charge in [-0.1, -0.05) is 6.07 Å². The maximum atomic E-state index is 5.35. The molecular formula is C15H16N4O2S. The predicted octanol–water partition coefficient (Wildman–Crippen LogP) is 1.68. The smallest absolute Gasteiger partial charge is 0.231 e. The molecule has 114 valence electrons. The van der Waals surface area contributed by atoms with E-state index < -0.39 is 0 Å². The van der Waals surface area contributed by atoms with Crippen molar-refractivity contribution in [2.45, 2.75) is 20.0 Å². The van der Waals surface area contributed by atoms with Gasteiger partial charge in [-0.2, -0.15) is 0 Å². The summed E-state index contributed by atoms with van der Waals surface area (Å²) in [5, 5.41) is 6.82. The Hall–Kier alpha value is -2.41. The largest absolute Gasteiger partial charge is 0.454 e. The lowest BCUT2D eigenvalue weighted by Gasteiger charge is -2.10. The molecule has 0 saturated carbocycles. The highest BCUT2D eigenvalue weighted by atomic mass is 32.1. The molecule has 2 N–H and O–H groups in total. The van der Waals surface area contributed by atoms with Crippen LogP contribution in [0.15, 0.2) is 30.6 Å². The first-order valence-corrected chi connectivity index (χ1v) is 7.29. The second kappa shape index (κ2) is 6.57. The number of thiocarbonyl (C=S) groups is 1. The van der Waals surface area contributed by atoms with E-state index in [9.17, 15) is 0 Å². The van der Waals surface area contributed by atoms with E-state index in [0.717, 1.165) is 28.5 Å². The fraction of sp³-hybridized carbons (Fsp3) is 0.267. The molecule has 0 saturated heterocycles. The van der Waals surface area contributed by atoms with E-state index in [2.05, 4.69) is 20.6 Å². The van der Waals surface area contributed by atoms with Crippen LogP contribution in [0.5, 0.6) is 11.5 Å². The molecule has 1 aliphatic heterocycles. The van der Waals surface area contributed by atoms with Crippen LogP contribution in [0, 0.1) is 6.92 Å². The minimum atomic E-state index is 0.282. The first-order chi connectivity index (χ1) is 10.7. The third-order valence-electron chi connectivity index (χ3n) is 3.15. The number of ether oxygens (including phenoxy) is 2. The van der Waals surface area contributed by atoms with E-state index in [1.807, 2.05) is 25.1 Å². The lowest BCUT2D eigenvalue weighted by atomic mass is 10.2. The Balaban J connectivity index is 1.47. The number of nitrogens with zero attached hydrogens (tertiary/aromatic N) is 2. The van der Waals surface area contributed by atoms with Gasteiger partial charge in [0.05, 0.1) is 24.1 Å². The molecule has 2 aromatic rings. The van der Waals surface area contributed by atoms with Crippen LogP contribution in [0.25, 0.3) is 0 Å². The van der Waals surface area contributed by atoms with Gasteiger partial charge in [0.1, 0.15) is 0 Å². The highest BCUT2D eigenvalue weighted by Gasteiger charge is 2.13. The molecule has 0 atom stereocenters. The van der Waals surface area contributed by atoms with Crippen LogP contribution in [-0.2, 0) is 13.1 Å². The van der Waals surface area contributed by atoms with Gasteiger partial charge in [0.15, 0.2) is 16.6 Å². The highest BCUT2D eigenvalue weighted by molar-refractivity contribution is 7.80. The molecule has 1 aromatic carbocycles. The summed E-state index contributed by atoms with van der Waals surface area (Å²) in [5.74, 6) is 1.55. The number of nitrogens with one attached hydrogen (secondary N) is 2. The average Bonchev–Trinajstić information content (AvgIpc) is 3.00.